The number of nitrogens with two attached hydrogens (primary N) is 1. The van der Waals surface area contributed by atoms with E-state index in [-0.39, 0.29) is 11.4 Å². The molecule has 0 aliphatic heterocycles. The summed E-state index contributed by atoms with van der Waals surface area (Å²) in [6.07, 6.45) is 12.3. The van der Waals surface area contributed by atoms with Crippen LogP contribution in [0.15, 0.2) is 0 Å². The summed E-state index contributed by atoms with van der Waals surface area (Å²) in [6.45, 7) is 0.922. The standard InChI is InChI=1S/C17H28N2O/c18-17(2-1-3-17)10-15(20)19-11-16-7-12-4-13(8-16)6-14(5-12)9-16/h12-14H,1-11,18H2,(H,19,20). The van der Waals surface area contributed by atoms with Gasteiger partial charge in [0.25, 0.3) is 0 Å². The molecule has 0 radical (unpaired) electrons. The SMILES string of the molecule is NC1(CC(=O)NCC23CC4CC(CC(C4)C2)C3)CCC1. The average molecular weight is 276 g/mol. The molecule has 5 saturated carbocycles. The molecule has 5 rings (SSSR count). The molecule has 1 amide bonds. The van der Waals surface area contributed by atoms with Crippen LogP contribution in [0.5, 0.6) is 0 Å². The van der Waals surface area contributed by atoms with Crippen LogP contribution in [0.2, 0.25) is 0 Å². The second-order valence-corrected chi connectivity index (χ2v) is 8.59. The number of hydrogen-bond acceptors (Lipinski definition) is 2. The van der Waals surface area contributed by atoms with Crippen molar-refractivity contribution in [1.29, 1.82) is 0 Å². The fourth-order valence-electron chi connectivity index (χ4n) is 5.98. The lowest BCUT2D eigenvalue weighted by atomic mass is 9.49. The molecule has 0 aromatic carbocycles. The summed E-state index contributed by atoms with van der Waals surface area (Å²) in [5.41, 5.74) is 6.45. The van der Waals surface area contributed by atoms with Crippen LogP contribution in [-0.4, -0.2) is 18.0 Å². The van der Waals surface area contributed by atoms with Crippen LogP contribution in [0, 0.1) is 23.2 Å². The van der Waals surface area contributed by atoms with Gasteiger partial charge in [-0.2, -0.15) is 0 Å². The lowest BCUT2D eigenvalue weighted by Crippen LogP contribution is -2.53. The van der Waals surface area contributed by atoms with Crippen molar-refractivity contribution in [3.05, 3.63) is 0 Å². The molecule has 20 heavy (non-hydrogen) atoms. The number of nitrogens with one attached hydrogen (secondary N) is 1. The maximum Gasteiger partial charge on any atom is 0.221 e. The van der Waals surface area contributed by atoms with Crippen LogP contribution in [0.3, 0.4) is 0 Å². The quantitative estimate of drug-likeness (QED) is 0.829. The van der Waals surface area contributed by atoms with E-state index < -0.39 is 0 Å². The first-order valence-electron chi connectivity index (χ1n) is 8.60. The van der Waals surface area contributed by atoms with E-state index in [1.165, 1.54) is 44.9 Å². The van der Waals surface area contributed by atoms with Crippen molar-refractivity contribution in [3.63, 3.8) is 0 Å². The molecule has 0 spiro atoms. The Kier molecular flexibility index (Phi) is 2.93. The van der Waals surface area contributed by atoms with Crippen molar-refractivity contribution < 1.29 is 4.79 Å². The summed E-state index contributed by atoms with van der Waals surface area (Å²) in [6, 6.07) is 0. The van der Waals surface area contributed by atoms with E-state index in [4.69, 9.17) is 5.73 Å². The smallest absolute Gasteiger partial charge is 0.221 e. The number of amides is 1. The first kappa shape index (κ1) is 13.1. The molecule has 5 aliphatic rings. The van der Waals surface area contributed by atoms with Gasteiger partial charge in [0.05, 0.1) is 0 Å². The van der Waals surface area contributed by atoms with Crippen molar-refractivity contribution >= 4 is 5.91 Å². The first-order valence-corrected chi connectivity index (χ1v) is 8.60. The summed E-state index contributed by atoms with van der Waals surface area (Å²) in [5, 5.41) is 3.25. The summed E-state index contributed by atoms with van der Waals surface area (Å²) in [5.74, 6) is 3.09. The van der Waals surface area contributed by atoms with Crippen LogP contribution in [0.4, 0.5) is 0 Å². The van der Waals surface area contributed by atoms with Crippen LogP contribution >= 0.6 is 0 Å². The third-order valence-electron chi connectivity index (χ3n) is 6.69. The molecule has 3 nitrogen and oxygen atoms in total. The largest absolute Gasteiger partial charge is 0.355 e. The van der Waals surface area contributed by atoms with Crippen LogP contribution in [0.1, 0.15) is 64.2 Å². The van der Waals surface area contributed by atoms with Gasteiger partial charge in [0, 0.05) is 18.5 Å². The molecule has 112 valence electrons. The zero-order valence-electron chi connectivity index (χ0n) is 12.5. The van der Waals surface area contributed by atoms with Crippen molar-refractivity contribution in [3.8, 4) is 0 Å². The van der Waals surface area contributed by atoms with E-state index in [1.807, 2.05) is 0 Å². The minimum atomic E-state index is -0.175. The Morgan fingerprint density at radius 2 is 1.60 bits per heavy atom. The molecule has 0 atom stereocenters. The van der Waals surface area contributed by atoms with Crippen molar-refractivity contribution in [1.82, 2.24) is 5.32 Å². The van der Waals surface area contributed by atoms with Gasteiger partial charge >= 0.3 is 0 Å². The Hall–Kier alpha value is -0.570. The van der Waals surface area contributed by atoms with Gasteiger partial charge in [0.15, 0.2) is 0 Å². The van der Waals surface area contributed by atoms with E-state index in [0.29, 0.717) is 11.8 Å². The van der Waals surface area contributed by atoms with Gasteiger partial charge in [-0.1, -0.05) is 0 Å². The molecular weight excluding hydrogens is 248 g/mol. The Labute approximate surface area is 122 Å². The zero-order chi connectivity index (χ0) is 13.8. The van der Waals surface area contributed by atoms with E-state index in [0.717, 1.165) is 37.1 Å². The molecule has 0 heterocycles. The second-order valence-electron chi connectivity index (χ2n) is 8.59. The van der Waals surface area contributed by atoms with E-state index in [2.05, 4.69) is 5.32 Å². The molecule has 4 bridgehead atoms. The Balaban J connectivity index is 1.34. The number of carbonyl (C=O) groups excluding carboxylic acids is 1. The maximum atomic E-state index is 12.2. The number of rotatable bonds is 4. The van der Waals surface area contributed by atoms with Crippen molar-refractivity contribution in [2.45, 2.75) is 69.7 Å². The third kappa shape index (κ3) is 2.28. The summed E-state index contributed by atoms with van der Waals surface area (Å²) < 4.78 is 0. The highest BCUT2D eigenvalue weighted by Crippen LogP contribution is 2.59. The van der Waals surface area contributed by atoms with Crippen LogP contribution in [-0.2, 0) is 4.79 Å². The molecule has 3 heteroatoms. The fourth-order valence-corrected chi connectivity index (χ4v) is 5.98. The fraction of sp³-hybridized carbons (Fsp3) is 0.941. The Morgan fingerprint density at radius 3 is 2.05 bits per heavy atom. The highest BCUT2D eigenvalue weighted by atomic mass is 16.1. The van der Waals surface area contributed by atoms with Gasteiger partial charge < -0.3 is 11.1 Å². The molecule has 5 aliphatic carbocycles. The van der Waals surface area contributed by atoms with E-state index >= 15 is 0 Å². The summed E-state index contributed by atoms with van der Waals surface area (Å²) in [7, 11) is 0. The third-order valence-corrected chi connectivity index (χ3v) is 6.69. The Morgan fingerprint density at radius 1 is 1.05 bits per heavy atom. The van der Waals surface area contributed by atoms with Gasteiger partial charge in [-0.25, -0.2) is 0 Å². The van der Waals surface area contributed by atoms with Gasteiger partial charge in [-0.15, -0.1) is 0 Å². The van der Waals surface area contributed by atoms with Gasteiger partial charge in [0.2, 0.25) is 5.91 Å². The van der Waals surface area contributed by atoms with Crippen molar-refractivity contribution in [2.75, 3.05) is 6.54 Å². The molecule has 0 saturated heterocycles. The number of hydrogen-bond donors (Lipinski definition) is 2. The van der Waals surface area contributed by atoms with Gasteiger partial charge in [-0.3, -0.25) is 4.79 Å². The minimum absolute atomic E-state index is 0.175. The topological polar surface area (TPSA) is 55.1 Å². The van der Waals surface area contributed by atoms with Gasteiger partial charge in [0.1, 0.15) is 0 Å². The zero-order valence-corrected chi connectivity index (χ0v) is 12.5. The predicted octanol–water partition coefficient (Wildman–Crippen LogP) is 2.59. The highest BCUT2D eigenvalue weighted by Gasteiger charge is 2.50. The maximum absolute atomic E-state index is 12.2. The van der Waals surface area contributed by atoms with Crippen LogP contribution in [0.25, 0.3) is 0 Å². The van der Waals surface area contributed by atoms with E-state index in [1.54, 1.807) is 0 Å². The van der Waals surface area contributed by atoms with Crippen molar-refractivity contribution in [2.24, 2.45) is 28.9 Å². The van der Waals surface area contributed by atoms with Gasteiger partial charge in [-0.05, 0) is 81.0 Å². The molecular formula is C17H28N2O. The molecule has 0 aromatic heterocycles. The second kappa shape index (κ2) is 4.46. The molecule has 5 fully saturated rings. The normalized spacial score (nSPS) is 44.1. The summed E-state index contributed by atoms with van der Waals surface area (Å²) >= 11 is 0. The monoisotopic (exact) mass is 276 g/mol. The summed E-state index contributed by atoms with van der Waals surface area (Å²) in [4.78, 5) is 12.2. The molecule has 3 N–H and O–H groups in total. The lowest BCUT2D eigenvalue weighted by Gasteiger charge is -2.57. The average Bonchev–Trinajstić information content (AvgIpc) is 2.33. The first-order chi connectivity index (χ1) is 9.54. The molecule has 0 aromatic rings. The predicted molar refractivity (Wildman–Crippen MR) is 79.0 cm³/mol. The Bertz CT molecular complexity index is 378. The van der Waals surface area contributed by atoms with E-state index in [9.17, 15) is 4.79 Å². The minimum Gasteiger partial charge on any atom is -0.355 e. The highest BCUT2D eigenvalue weighted by molar-refractivity contribution is 5.77. The molecule has 0 unspecified atom stereocenters. The number of carbonyl (C=O) groups is 1. The lowest BCUT2D eigenvalue weighted by molar-refractivity contribution is -0.125. The van der Waals surface area contributed by atoms with Crippen LogP contribution < -0.4 is 11.1 Å².